The molecule has 140 valence electrons. The number of piperidine rings is 1. The molecule has 0 unspecified atom stereocenters. The lowest BCUT2D eigenvalue weighted by Gasteiger charge is -2.32. The number of carbonyl (C=O) groups excluding carboxylic acids is 1. The van der Waals surface area contributed by atoms with E-state index in [9.17, 15) is 9.59 Å². The van der Waals surface area contributed by atoms with Crippen LogP contribution >= 0.6 is 11.8 Å². The summed E-state index contributed by atoms with van der Waals surface area (Å²) >= 11 is 1.80. The first-order valence-corrected chi connectivity index (χ1v) is 10.1. The molecule has 0 radical (unpaired) electrons. The van der Waals surface area contributed by atoms with Crippen molar-refractivity contribution >= 4 is 17.8 Å². The molecule has 0 bridgehead atoms. The number of furan rings is 1. The number of aromatic amines is 1. The van der Waals surface area contributed by atoms with E-state index in [1.165, 1.54) is 12.4 Å². The van der Waals surface area contributed by atoms with Gasteiger partial charge < -0.3 is 19.6 Å². The molecule has 26 heavy (non-hydrogen) atoms. The van der Waals surface area contributed by atoms with Gasteiger partial charge in [-0.3, -0.25) is 4.79 Å². The third kappa shape index (κ3) is 5.39. The first kappa shape index (κ1) is 18.6. The first-order valence-electron chi connectivity index (χ1n) is 8.90. The Kier molecular flexibility index (Phi) is 6.76. The molecule has 2 aromatic heterocycles. The number of urea groups is 1. The maximum absolute atomic E-state index is 12.4. The van der Waals surface area contributed by atoms with Crippen LogP contribution < -0.4 is 10.9 Å². The van der Waals surface area contributed by atoms with Gasteiger partial charge in [0.2, 0.25) is 0 Å². The van der Waals surface area contributed by atoms with Gasteiger partial charge in [0.05, 0.1) is 24.0 Å². The van der Waals surface area contributed by atoms with Gasteiger partial charge in [0.25, 0.3) is 5.56 Å². The highest BCUT2D eigenvalue weighted by Crippen LogP contribution is 2.24. The maximum Gasteiger partial charge on any atom is 0.317 e. The minimum absolute atomic E-state index is 0.0319. The predicted molar refractivity (Wildman–Crippen MR) is 101 cm³/mol. The molecule has 1 saturated heterocycles. The van der Waals surface area contributed by atoms with E-state index < -0.39 is 0 Å². The summed E-state index contributed by atoms with van der Waals surface area (Å²) in [5.41, 5.74) is 0.615. The highest BCUT2D eigenvalue weighted by Gasteiger charge is 2.25. The summed E-state index contributed by atoms with van der Waals surface area (Å²) in [5, 5.41) is 2.99. The second-order valence-electron chi connectivity index (χ2n) is 6.34. The molecule has 1 atom stereocenters. The normalized spacial score (nSPS) is 17.2. The average Bonchev–Trinajstić information content (AvgIpc) is 3.18. The third-order valence-electron chi connectivity index (χ3n) is 4.39. The number of thioether (sulfide) groups is 1. The molecule has 8 heteroatoms. The Morgan fingerprint density at radius 1 is 1.50 bits per heavy atom. The quantitative estimate of drug-likeness (QED) is 0.725. The van der Waals surface area contributed by atoms with Crippen molar-refractivity contribution in [3.8, 4) is 0 Å². The fourth-order valence-electron chi connectivity index (χ4n) is 3.06. The van der Waals surface area contributed by atoms with E-state index in [0.717, 1.165) is 48.8 Å². The Bertz CT molecular complexity index is 747. The number of likely N-dealkylation sites (tertiary alicyclic amines) is 1. The Morgan fingerprint density at radius 3 is 3.23 bits per heavy atom. The molecule has 1 fully saturated rings. The summed E-state index contributed by atoms with van der Waals surface area (Å²) in [6.45, 7) is 2.02. The molecule has 2 amide bonds. The molecule has 3 rings (SSSR count). The average molecular weight is 376 g/mol. The van der Waals surface area contributed by atoms with Crippen LogP contribution in [0.15, 0.2) is 40.0 Å². The molecule has 2 N–H and O–H groups in total. The number of hydrogen-bond acceptors (Lipinski definition) is 5. The number of nitrogens with zero attached hydrogens (tertiary/aromatic N) is 2. The number of amides is 2. The van der Waals surface area contributed by atoms with Crippen molar-refractivity contribution in [2.45, 2.75) is 30.9 Å². The van der Waals surface area contributed by atoms with Crippen LogP contribution in [-0.2, 0) is 5.75 Å². The lowest BCUT2D eigenvalue weighted by molar-refractivity contribution is 0.179. The summed E-state index contributed by atoms with van der Waals surface area (Å²) in [6, 6.07) is 5.36. The van der Waals surface area contributed by atoms with Crippen LogP contribution in [0.5, 0.6) is 0 Å². The van der Waals surface area contributed by atoms with Crippen LogP contribution in [-0.4, -0.2) is 46.3 Å². The summed E-state index contributed by atoms with van der Waals surface area (Å²) < 4.78 is 5.29. The van der Waals surface area contributed by atoms with Crippen molar-refractivity contribution in [3.05, 3.63) is 52.6 Å². The Labute approximate surface area is 156 Å². The second-order valence-corrected chi connectivity index (χ2v) is 7.44. The van der Waals surface area contributed by atoms with E-state index in [4.69, 9.17) is 4.42 Å². The van der Waals surface area contributed by atoms with E-state index in [2.05, 4.69) is 15.3 Å². The number of H-pyrrole nitrogens is 1. The Balaban J connectivity index is 1.36. The number of aromatic nitrogens is 2. The fraction of sp³-hybridized carbons (Fsp3) is 0.500. The standard InChI is InChI=1S/C18H24N4O3S/c23-17-10-16(20-13-21-17)14-4-1-7-22(11-14)18(24)19-6-3-9-26-12-15-5-2-8-25-15/h2,5,8,10,13-14H,1,3-4,6-7,9,11-12H2,(H,19,24)(H,20,21,23)/t14-/m1/s1. The van der Waals surface area contributed by atoms with E-state index in [1.54, 1.807) is 18.0 Å². The van der Waals surface area contributed by atoms with Gasteiger partial charge in [0, 0.05) is 31.6 Å². The SMILES string of the molecule is O=C(NCCCSCc1ccco1)N1CCC[C@@H](c2cc(=O)[nH]cn2)C1. The van der Waals surface area contributed by atoms with Crippen molar-refractivity contribution in [1.82, 2.24) is 20.2 Å². The van der Waals surface area contributed by atoms with E-state index in [0.29, 0.717) is 13.1 Å². The molecule has 3 heterocycles. The molecule has 0 spiro atoms. The molecular weight excluding hydrogens is 352 g/mol. The van der Waals surface area contributed by atoms with Crippen LogP contribution in [0.25, 0.3) is 0 Å². The zero-order valence-corrected chi connectivity index (χ0v) is 15.5. The zero-order chi connectivity index (χ0) is 18.2. The van der Waals surface area contributed by atoms with Gasteiger partial charge >= 0.3 is 6.03 Å². The van der Waals surface area contributed by atoms with Gasteiger partial charge in [-0.1, -0.05) is 0 Å². The largest absolute Gasteiger partial charge is 0.468 e. The van der Waals surface area contributed by atoms with Gasteiger partial charge in [-0.25, -0.2) is 9.78 Å². The van der Waals surface area contributed by atoms with Crippen molar-refractivity contribution < 1.29 is 9.21 Å². The van der Waals surface area contributed by atoms with Crippen molar-refractivity contribution in [2.75, 3.05) is 25.4 Å². The van der Waals surface area contributed by atoms with Crippen LogP contribution in [0.2, 0.25) is 0 Å². The molecule has 7 nitrogen and oxygen atoms in total. The topological polar surface area (TPSA) is 91.2 Å². The highest BCUT2D eigenvalue weighted by atomic mass is 32.2. The molecule has 1 aliphatic heterocycles. The van der Waals surface area contributed by atoms with Crippen LogP contribution in [0, 0.1) is 0 Å². The minimum Gasteiger partial charge on any atom is -0.468 e. The summed E-state index contributed by atoms with van der Waals surface area (Å²) in [4.78, 5) is 32.4. The summed E-state index contributed by atoms with van der Waals surface area (Å²) in [6.07, 6.45) is 5.90. The number of carbonyl (C=O) groups is 1. The maximum atomic E-state index is 12.4. The van der Waals surface area contributed by atoms with Crippen molar-refractivity contribution in [1.29, 1.82) is 0 Å². The van der Waals surface area contributed by atoms with Crippen LogP contribution in [0.4, 0.5) is 4.79 Å². The smallest absolute Gasteiger partial charge is 0.317 e. The summed E-state index contributed by atoms with van der Waals surface area (Å²) in [5.74, 6) is 2.94. The molecule has 2 aromatic rings. The number of nitrogens with one attached hydrogen (secondary N) is 2. The van der Waals surface area contributed by atoms with Gasteiger partial charge in [-0.05, 0) is 37.1 Å². The molecule has 0 aromatic carbocycles. The lowest BCUT2D eigenvalue weighted by atomic mass is 9.95. The number of rotatable bonds is 7. The Hall–Kier alpha value is -2.22. The van der Waals surface area contributed by atoms with Gasteiger partial charge in [-0.2, -0.15) is 11.8 Å². The van der Waals surface area contributed by atoms with Crippen LogP contribution in [0.1, 0.15) is 36.6 Å². The van der Waals surface area contributed by atoms with E-state index in [1.807, 2.05) is 17.0 Å². The third-order valence-corrected chi connectivity index (χ3v) is 5.46. The van der Waals surface area contributed by atoms with Gasteiger partial charge in [0.1, 0.15) is 5.76 Å². The second kappa shape index (κ2) is 9.47. The monoisotopic (exact) mass is 376 g/mol. The highest BCUT2D eigenvalue weighted by molar-refractivity contribution is 7.98. The van der Waals surface area contributed by atoms with Gasteiger partial charge in [-0.15, -0.1) is 0 Å². The van der Waals surface area contributed by atoms with E-state index in [-0.39, 0.29) is 17.5 Å². The molecular formula is C18H24N4O3S. The van der Waals surface area contributed by atoms with E-state index >= 15 is 0 Å². The lowest BCUT2D eigenvalue weighted by Crippen LogP contribution is -2.45. The first-order chi connectivity index (χ1) is 12.7. The number of hydrogen-bond donors (Lipinski definition) is 2. The zero-order valence-electron chi connectivity index (χ0n) is 14.6. The van der Waals surface area contributed by atoms with Crippen molar-refractivity contribution in [2.24, 2.45) is 0 Å². The van der Waals surface area contributed by atoms with Crippen molar-refractivity contribution in [3.63, 3.8) is 0 Å². The fourth-order valence-corrected chi connectivity index (χ4v) is 3.92. The predicted octanol–water partition coefficient (Wildman–Crippen LogP) is 2.58. The van der Waals surface area contributed by atoms with Gasteiger partial charge in [0.15, 0.2) is 0 Å². The Morgan fingerprint density at radius 2 is 2.42 bits per heavy atom. The van der Waals surface area contributed by atoms with Crippen LogP contribution in [0.3, 0.4) is 0 Å². The summed E-state index contributed by atoms with van der Waals surface area (Å²) in [7, 11) is 0. The molecule has 1 aliphatic rings. The molecule has 0 aliphatic carbocycles. The minimum atomic E-state index is -0.149. The molecule has 0 saturated carbocycles.